The van der Waals surface area contributed by atoms with E-state index in [9.17, 15) is 4.79 Å². The Morgan fingerprint density at radius 2 is 2.24 bits per heavy atom. The minimum atomic E-state index is -0.143. The van der Waals surface area contributed by atoms with Crippen LogP contribution in [0.3, 0.4) is 0 Å². The Morgan fingerprint density at radius 1 is 1.32 bits per heavy atom. The smallest absolute Gasteiger partial charge is 0.226 e. The summed E-state index contributed by atoms with van der Waals surface area (Å²) in [5.74, 6) is 1.56. The summed E-state index contributed by atoms with van der Waals surface area (Å²) >= 11 is 0. The van der Waals surface area contributed by atoms with E-state index in [2.05, 4.69) is 10.3 Å². The van der Waals surface area contributed by atoms with Gasteiger partial charge < -0.3 is 14.8 Å². The molecule has 0 spiro atoms. The summed E-state index contributed by atoms with van der Waals surface area (Å²) in [5.41, 5.74) is 2.13. The maximum atomic E-state index is 12.4. The molecule has 0 fully saturated rings. The van der Waals surface area contributed by atoms with E-state index >= 15 is 0 Å². The molecule has 0 aliphatic carbocycles. The molecule has 5 heteroatoms. The van der Waals surface area contributed by atoms with Gasteiger partial charge in [-0.15, -0.1) is 0 Å². The first kappa shape index (κ1) is 17.3. The summed E-state index contributed by atoms with van der Waals surface area (Å²) in [6.45, 7) is 1.12. The van der Waals surface area contributed by atoms with Crippen molar-refractivity contribution in [2.24, 2.45) is 5.92 Å². The van der Waals surface area contributed by atoms with E-state index in [4.69, 9.17) is 9.47 Å². The molecule has 0 bridgehead atoms. The van der Waals surface area contributed by atoms with Crippen LogP contribution in [0.25, 0.3) is 0 Å². The van der Waals surface area contributed by atoms with Crippen molar-refractivity contribution >= 4 is 5.91 Å². The molecule has 0 radical (unpaired) electrons. The number of aryl methyl sites for hydroxylation is 1. The molecule has 1 aliphatic heterocycles. The number of hydrogen-bond donors (Lipinski definition) is 1. The van der Waals surface area contributed by atoms with Gasteiger partial charge in [0.05, 0.1) is 13.0 Å². The summed E-state index contributed by atoms with van der Waals surface area (Å²) in [6, 6.07) is 11.7. The number of carbonyl (C=O) groups excluding carboxylic acids is 1. The van der Waals surface area contributed by atoms with Crippen molar-refractivity contribution in [2.45, 2.75) is 25.7 Å². The zero-order chi connectivity index (χ0) is 17.5. The highest BCUT2D eigenvalue weighted by molar-refractivity contribution is 5.79. The van der Waals surface area contributed by atoms with E-state index < -0.39 is 0 Å². The maximum Gasteiger partial charge on any atom is 0.226 e. The minimum Gasteiger partial charge on any atom is -0.497 e. The molecule has 1 aromatic heterocycles. The van der Waals surface area contributed by atoms with E-state index in [1.165, 1.54) is 0 Å². The van der Waals surface area contributed by atoms with Crippen LogP contribution in [0.15, 0.2) is 42.6 Å². The highest BCUT2D eigenvalue weighted by Crippen LogP contribution is 2.30. The number of methoxy groups -OCH3 is 1. The third-order valence-corrected chi connectivity index (χ3v) is 4.43. The normalized spacial score (nSPS) is 15.8. The van der Waals surface area contributed by atoms with Crippen LogP contribution in [0.4, 0.5) is 0 Å². The van der Waals surface area contributed by atoms with Gasteiger partial charge in [0.1, 0.15) is 18.1 Å². The predicted octanol–water partition coefficient (Wildman–Crippen LogP) is 2.78. The maximum absolute atomic E-state index is 12.4. The Hall–Kier alpha value is -2.56. The minimum absolute atomic E-state index is 0.0614. The largest absolute Gasteiger partial charge is 0.497 e. The van der Waals surface area contributed by atoms with Crippen LogP contribution in [0.1, 0.15) is 24.1 Å². The second kappa shape index (κ2) is 8.51. The molecule has 132 valence electrons. The standard InChI is InChI=1S/C20H24N2O3/c1-24-18-8-9-19-15(13-18)12-16(14-25-19)20(23)22-11-5-3-7-17-6-2-4-10-21-17/h2,4,6,8-10,13,16H,3,5,7,11-12,14H2,1H3,(H,22,23)/t16-/m0/s1. The van der Waals surface area contributed by atoms with Crippen LogP contribution in [0, 0.1) is 5.92 Å². The summed E-state index contributed by atoms with van der Waals surface area (Å²) in [4.78, 5) is 16.7. The average Bonchev–Trinajstić information content (AvgIpc) is 2.67. The number of pyridine rings is 1. The quantitative estimate of drug-likeness (QED) is 0.788. The molecule has 25 heavy (non-hydrogen) atoms. The summed E-state index contributed by atoms with van der Waals surface area (Å²) in [5, 5.41) is 3.03. The SMILES string of the molecule is COc1ccc2c(c1)C[C@H](C(=O)NCCCCc1ccccn1)CO2. The van der Waals surface area contributed by atoms with Crippen molar-refractivity contribution in [3.05, 3.63) is 53.9 Å². The van der Waals surface area contributed by atoms with E-state index in [-0.39, 0.29) is 11.8 Å². The highest BCUT2D eigenvalue weighted by atomic mass is 16.5. The number of benzene rings is 1. The van der Waals surface area contributed by atoms with Crippen LogP contribution in [-0.2, 0) is 17.6 Å². The lowest BCUT2D eigenvalue weighted by Crippen LogP contribution is -2.37. The van der Waals surface area contributed by atoms with E-state index in [1.54, 1.807) is 7.11 Å². The fraction of sp³-hybridized carbons (Fsp3) is 0.400. The van der Waals surface area contributed by atoms with Gasteiger partial charge in [0.25, 0.3) is 0 Å². The first-order valence-corrected chi connectivity index (χ1v) is 8.73. The molecule has 5 nitrogen and oxygen atoms in total. The van der Waals surface area contributed by atoms with Gasteiger partial charge in [-0.3, -0.25) is 9.78 Å². The van der Waals surface area contributed by atoms with Crippen LogP contribution in [0.2, 0.25) is 0 Å². The van der Waals surface area contributed by atoms with Crippen LogP contribution >= 0.6 is 0 Å². The van der Waals surface area contributed by atoms with Gasteiger partial charge in [-0.05, 0) is 61.6 Å². The lowest BCUT2D eigenvalue weighted by molar-refractivity contribution is -0.126. The molecule has 0 saturated heterocycles. The van der Waals surface area contributed by atoms with Crippen molar-refractivity contribution in [1.29, 1.82) is 0 Å². The average molecular weight is 340 g/mol. The zero-order valence-electron chi connectivity index (χ0n) is 14.5. The van der Waals surface area contributed by atoms with Crippen LogP contribution in [0.5, 0.6) is 11.5 Å². The van der Waals surface area contributed by atoms with Crippen molar-refractivity contribution in [3.8, 4) is 11.5 Å². The second-order valence-electron chi connectivity index (χ2n) is 6.25. The first-order valence-electron chi connectivity index (χ1n) is 8.73. The van der Waals surface area contributed by atoms with E-state index in [0.717, 1.165) is 42.0 Å². The van der Waals surface area contributed by atoms with Gasteiger partial charge in [-0.2, -0.15) is 0 Å². The van der Waals surface area contributed by atoms with Crippen molar-refractivity contribution in [1.82, 2.24) is 10.3 Å². The van der Waals surface area contributed by atoms with Gasteiger partial charge in [-0.1, -0.05) is 6.07 Å². The number of nitrogens with zero attached hydrogens (tertiary/aromatic N) is 1. The summed E-state index contributed by atoms with van der Waals surface area (Å²) in [7, 11) is 1.64. The molecule has 2 heterocycles. The highest BCUT2D eigenvalue weighted by Gasteiger charge is 2.26. The topological polar surface area (TPSA) is 60.5 Å². The zero-order valence-corrected chi connectivity index (χ0v) is 14.5. The number of carbonyl (C=O) groups is 1. The Labute approximate surface area is 148 Å². The van der Waals surface area contributed by atoms with Crippen LogP contribution in [-0.4, -0.2) is 31.2 Å². The molecule has 1 amide bonds. The van der Waals surface area contributed by atoms with Gasteiger partial charge in [0.15, 0.2) is 0 Å². The summed E-state index contributed by atoms with van der Waals surface area (Å²) < 4.78 is 11.0. The predicted molar refractivity (Wildman–Crippen MR) is 95.9 cm³/mol. The number of ether oxygens (including phenoxy) is 2. The fourth-order valence-corrected chi connectivity index (χ4v) is 3.00. The van der Waals surface area contributed by atoms with Gasteiger partial charge >= 0.3 is 0 Å². The molecule has 0 unspecified atom stereocenters. The lowest BCUT2D eigenvalue weighted by Gasteiger charge is -2.25. The Bertz CT molecular complexity index is 703. The Kier molecular flexibility index (Phi) is 5.88. The fourth-order valence-electron chi connectivity index (χ4n) is 3.00. The summed E-state index contributed by atoms with van der Waals surface area (Å²) in [6.07, 6.45) is 5.40. The molecular formula is C20H24N2O3. The first-order chi connectivity index (χ1) is 12.3. The monoisotopic (exact) mass is 340 g/mol. The van der Waals surface area contributed by atoms with E-state index in [1.807, 2.05) is 42.6 Å². The molecule has 1 N–H and O–H groups in total. The number of rotatable bonds is 7. The Morgan fingerprint density at radius 3 is 3.04 bits per heavy atom. The Balaban J connectivity index is 1.41. The van der Waals surface area contributed by atoms with Crippen molar-refractivity contribution in [3.63, 3.8) is 0 Å². The molecule has 1 aromatic carbocycles. The molecule has 1 aliphatic rings. The number of aromatic nitrogens is 1. The molecular weight excluding hydrogens is 316 g/mol. The lowest BCUT2D eigenvalue weighted by atomic mass is 9.95. The molecule has 1 atom stereocenters. The number of fused-ring (bicyclic) bond motifs is 1. The third-order valence-electron chi connectivity index (χ3n) is 4.43. The van der Waals surface area contributed by atoms with Crippen molar-refractivity contribution < 1.29 is 14.3 Å². The van der Waals surface area contributed by atoms with Crippen LogP contribution < -0.4 is 14.8 Å². The number of unbranched alkanes of at least 4 members (excludes halogenated alkanes) is 1. The van der Waals surface area contributed by atoms with Gasteiger partial charge in [0, 0.05) is 18.4 Å². The molecule has 2 aromatic rings. The number of amides is 1. The number of hydrogen-bond acceptors (Lipinski definition) is 4. The third kappa shape index (κ3) is 4.72. The van der Waals surface area contributed by atoms with Crippen molar-refractivity contribution in [2.75, 3.05) is 20.3 Å². The van der Waals surface area contributed by atoms with Gasteiger partial charge in [-0.25, -0.2) is 0 Å². The second-order valence-corrected chi connectivity index (χ2v) is 6.25. The van der Waals surface area contributed by atoms with E-state index in [0.29, 0.717) is 19.6 Å². The van der Waals surface area contributed by atoms with Gasteiger partial charge in [0.2, 0.25) is 5.91 Å². The number of nitrogens with one attached hydrogen (secondary N) is 1. The molecule has 3 rings (SSSR count). The molecule has 0 saturated carbocycles.